The van der Waals surface area contributed by atoms with Crippen molar-refractivity contribution in [1.82, 2.24) is 0 Å². The molecule has 0 aromatic heterocycles. The van der Waals surface area contributed by atoms with E-state index in [-0.39, 0.29) is 35.1 Å². The molecule has 2 aromatic carbocycles. The number of ether oxygens (including phenoxy) is 3. The van der Waals surface area contributed by atoms with E-state index in [1.54, 1.807) is 24.3 Å². The first-order valence-electron chi connectivity index (χ1n) is 8.42. The van der Waals surface area contributed by atoms with Gasteiger partial charge in [0.05, 0.1) is 30.8 Å². The summed E-state index contributed by atoms with van der Waals surface area (Å²) in [4.78, 5) is 34.4. The van der Waals surface area contributed by atoms with Crippen molar-refractivity contribution in [2.24, 2.45) is 11.5 Å². The number of hydrogen-bond donors (Lipinski definition) is 3. The van der Waals surface area contributed by atoms with Crippen molar-refractivity contribution in [1.29, 1.82) is 0 Å². The Hall–Kier alpha value is -3.46. The molecule has 0 saturated heterocycles. The highest BCUT2D eigenvalue weighted by molar-refractivity contribution is 6.32. The number of nitrogens with two attached hydrogens (primary N) is 2. The van der Waals surface area contributed by atoms with Gasteiger partial charge in [-0.15, -0.1) is 0 Å². The van der Waals surface area contributed by atoms with E-state index < -0.39 is 24.3 Å². The van der Waals surface area contributed by atoms with Gasteiger partial charge >= 0.3 is 0 Å². The number of methoxy groups -OCH3 is 1. The minimum Gasteiger partial charge on any atom is -0.493 e. The van der Waals surface area contributed by atoms with Crippen molar-refractivity contribution < 1.29 is 28.6 Å². The molecule has 0 aliphatic heterocycles. The summed E-state index contributed by atoms with van der Waals surface area (Å²) < 4.78 is 15.9. The summed E-state index contributed by atoms with van der Waals surface area (Å²) >= 11 is 6.17. The van der Waals surface area contributed by atoms with Crippen LogP contribution in [0.15, 0.2) is 36.4 Å². The number of para-hydroxylation sites is 2. The lowest BCUT2D eigenvalue weighted by Crippen LogP contribution is -2.20. The third-order valence-corrected chi connectivity index (χ3v) is 3.87. The van der Waals surface area contributed by atoms with Crippen LogP contribution in [-0.4, -0.2) is 38.0 Å². The third-order valence-electron chi connectivity index (χ3n) is 3.59. The lowest BCUT2D eigenvalue weighted by Gasteiger charge is -2.15. The second-order valence-corrected chi connectivity index (χ2v) is 6.17. The van der Waals surface area contributed by atoms with Crippen LogP contribution >= 0.6 is 11.6 Å². The minimum absolute atomic E-state index is 0.0435. The van der Waals surface area contributed by atoms with Gasteiger partial charge in [-0.2, -0.15) is 0 Å². The summed E-state index contributed by atoms with van der Waals surface area (Å²) in [5, 5.41) is 2.77. The molecule has 29 heavy (non-hydrogen) atoms. The van der Waals surface area contributed by atoms with Crippen LogP contribution in [0.1, 0.15) is 16.8 Å². The molecule has 0 aliphatic carbocycles. The van der Waals surface area contributed by atoms with E-state index in [1.165, 1.54) is 19.2 Å². The number of rotatable bonds is 10. The highest BCUT2D eigenvalue weighted by Gasteiger charge is 2.18. The predicted octanol–water partition coefficient (Wildman–Crippen LogP) is 1.72. The second-order valence-electron chi connectivity index (χ2n) is 5.76. The van der Waals surface area contributed by atoms with E-state index in [9.17, 15) is 14.4 Å². The lowest BCUT2D eigenvalue weighted by molar-refractivity contribution is -0.120. The SMILES string of the molecule is COc1cc(C(=O)Nc2ccccc2OCCC(N)=O)cc(Cl)c1OCC(N)=O. The van der Waals surface area contributed by atoms with Crippen LogP contribution in [0, 0.1) is 0 Å². The van der Waals surface area contributed by atoms with Gasteiger partial charge in [-0.3, -0.25) is 14.4 Å². The summed E-state index contributed by atoms with van der Waals surface area (Å²) in [6.45, 7) is -0.314. The van der Waals surface area contributed by atoms with Crippen LogP contribution in [0.2, 0.25) is 5.02 Å². The third kappa shape index (κ3) is 6.28. The van der Waals surface area contributed by atoms with Gasteiger partial charge in [-0.05, 0) is 24.3 Å². The van der Waals surface area contributed by atoms with Crippen molar-refractivity contribution in [3.63, 3.8) is 0 Å². The number of carbonyl (C=O) groups excluding carboxylic acids is 3. The molecule has 0 radical (unpaired) electrons. The van der Waals surface area contributed by atoms with Crippen LogP contribution in [0.25, 0.3) is 0 Å². The Morgan fingerprint density at radius 3 is 2.41 bits per heavy atom. The maximum absolute atomic E-state index is 12.7. The molecular formula is C19H20ClN3O6. The van der Waals surface area contributed by atoms with Crippen molar-refractivity contribution in [3.05, 3.63) is 47.0 Å². The normalized spacial score (nSPS) is 10.1. The average Bonchev–Trinajstić information content (AvgIpc) is 2.67. The fourth-order valence-corrected chi connectivity index (χ4v) is 2.55. The van der Waals surface area contributed by atoms with Gasteiger partial charge in [0, 0.05) is 5.56 Å². The first kappa shape index (κ1) is 21.8. The number of benzene rings is 2. The smallest absolute Gasteiger partial charge is 0.255 e. The van der Waals surface area contributed by atoms with Crippen molar-refractivity contribution in [2.75, 3.05) is 25.6 Å². The van der Waals surface area contributed by atoms with Crippen LogP contribution in [-0.2, 0) is 9.59 Å². The van der Waals surface area contributed by atoms with Crippen LogP contribution in [0.3, 0.4) is 0 Å². The summed E-state index contributed by atoms with van der Waals surface area (Å²) in [7, 11) is 1.37. The number of primary amides is 2. The summed E-state index contributed by atoms with van der Waals surface area (Å²) in [6, 6.07) is 9.50. The van der Waals surface area contributed by atoms with Gasteiger partial charge in [-0.25, -0.2) is 0 Å². The van der Waals surface area contributed by atoms with Crippen molar-refractivity contribution in [3.8, 4) is 17.2 Å². The maximum Gasteiger partial charge on any atom is 0.255 e. The molecule has 0 saturated carbocycles. The molecule has 154 valence electrons. The number of carbonyl (C=O) groups is 3. The van der Waals surface area contributed by atoms with Crippen molar-refractivity contribution in [2.45, 2.75) is 6.42 Å². The van der Waals surface area contributed by atoms with Crippen LogP contribution in [0.5, 0.6) is 17.2 Å². The number of anilines is 1. The molecule has 5 N–H and O–H groups in total. The highest BCUT2D eigenvalue weighted by atomic mass is 35.5. The lowest BCUT2D eigenvalue weighted by atomic mass is 10.1. The molecule has 3 amide bonds. The maximum atomic E-state index is 12.7. The standard InChI is InChI=1S/C19H20ClN3O6/c1-27-15-9-11(8-12(20)18(15)29-10-17(22)25)19(26)23-13-4-2-3-5-14(13)28-7-6-16(21)24/h2-5,8-9H,6-7,10H2,1H3,(H2,21,24)(H2,22,25)(H,23,26). The minimum atomic E-state index is -0.683. The molecule has 10 heteroatoms. The topological polar surface area (TPSA) is 143 Å². The zero-order valence-corrected chi connectivity index (χ0v) is 16.3. The Balaban J connectivity index is 2.20. The monoisotopic (exact) mass is 421 g/mol. The zero-order chi connectivity index (χ0) is 21.4. The zero-order valence-electron chi connectivity index (χ0n) is 15.6. The van der Waals surface area contributed by atoms with Gasteiger partial charge in [0.1, 0.15) is 5.75 Å². The molecule has 0 atom stereocenters. The van der Waals surface area contributed by atoms with E-state index in [2.05, 4.69) is 5.32 Å². The van der Waals surface area contributed by atoms with E-state index in [0.29, 0.717) is 11.4 Å². The van der Waals surface area contributed by atoms with E-state index in [1.807, 2.05) is 0 Å². The molecule has 2 aromatic rings. The molecule has 0 heterocycles. The van der Waals surface area contributed by atoms with Crippen molar-refractivity contribution >= 4 is 35.0 Å². The number of nitrogens with one attached hydrogen (secondary N) is 1. The Kier molecular flexibility index (Phi) is 7.67. The molecule has 9 nitrogen and oxygen atoms in total. The van der Waals surface area contributed by atoms with Crippen LogP contribution < -0.4 is 31.0 Å². The fourth-order valence-electron chi connectivity index (χ4n) is 2.29. The Morgan fingerprint density at radius 1 is 1.03 bits per heavy atom. The molecular weight excluding hydrogens is 402 g/mol. The number of halogens is 1. The number of amides is 3. The van der Waals surface area contributed by atoms with E-state index in [0.717, 1.165) is 0 Å². The molecule has 0 spiro atoms. The van der Waals surface area contributed by atoms with Gasteiger partial charge in [0.15, 0.2) is 18.1 Å². The second kappa shape index (κ2) is 10.2. The van der Waals surface area contributed by atoms with Gasteiger partial charge < -0.3 is 31.0 Å². The summed E-state index contributed by atoms with van der Waals surface area (Å²) in [6.07, 6.45) is 0.0435. The Morgan fingerprint density at radius 2 is 1.76 bits per heavy atom. The van der Waals surface area contributed by atoms with Gasteiger partial charge in [0.2, 0.25) is 5.91 Å². The number of hydrogen-bond acceptors (Lipinski definition) is 6. The summed E-state index contributed by atoms with van der Waals surface area (Å²) in [5.41, 5.74) is 10.7. The highest BCUT2D eigenvalue weighted by Crippen LogP contribution is 2.37. The quantitative estimate of drug-likeness (QED) is 0.533. The Bertz CT molecular complexity index is 919. The first-order chi connectivity index (χ1) is 13.8. The van der Waals surface area contributed by atoms with Crippen LogP contribution in [0.4, 0.5) is 5.69 Å². The molecule has 0 fully saturated rings. The summed E-state index contributed by atoms with van der Waals surface area (Å²) in [5.74, 6) is -1.03. The molecule has 0 bridgehead atoms. The molecule has 0 unspecified atom stereocenters. The largest absolute Gasteiger partial charge is 0.493 e. The first-order valence-corrected chi connectivity index (χ1v) is 8.79. The van der Waals surface area contributed by atoms with E-state index >= 15 is 0 Å². The fraction of sp³-hybridized carbons (Fsp3) is 0.211. The Labute approximate surface area is 171 Å². The molecule has 0 aliphatic rings. The van der Waals surface area contributed by atoms with Gasteiger partial charge in [-0.1, -0.05) is 23.7 Å². The van der Waals surface area contributed by atoms with E-state index in [4.69, 9.17) is 37.3 Å². The molecule has 2 rings (SSSR count). The average molecular weight is 422 g/mol. The predicted molar refractivity (Wildman–Crippen MR) is 106 cm³/mol. The van der Waals surface area contributed by atoms with Gasteiger partial charge in [0.25, 0.3) is 11.8 Å².